The fraction of sp³-hybridized carbons (Fsp3) is 0.200. The van der Waals surface area contributed by atoms with Gasteiger partial charge in [-0.3, -0.25) is 4.79 Å². The predicted molar refractivity (Wildman–Crippen MR) is 114 cm³/mol. The molecule has 152 valence electrons. The molecule has 0 aliphatic carbocycles. The molecule has 1 atom stereocenters. The van der Waals surface area contributed by atoms with Crippen LogP contribution in [0.1, 0.15) is 37.8 Å². The molecule has 3 aromatic carbocycles. The molecular weight excluding hydrogens is 381 g/mol. The minimum atomic E-state index is -0.770. The molecule has 0 bridgehead atoms. The highest BCUT2D eigenvalue weighted by atomic mass is 19.1. The summed E-state index contributed by atoms with van der Waals surface area (Å²) in [7, 11) is 0. The average molecular weight is 403 g/mol. The highest BCUT2D eigenvalue weighted by Crippen LogP contribution is 2.42. The number of amides is 2. The van der Waals surface area contributed by atoms with Crippen molar-refractivity contribution in [2.24, 2.45) is 0 Å². The van der Waals surface area contributed by atoms with Gasteiger partial charge in [0.25, 0.3) is 0 Å². The molecule has 1 unspecified atom stereocenters. The molecule has 4 nitrogen and oxygen atoms in total. The average Bonchev–Trinajstić information content (AvgIpc) is 2.98. The number of fused-ring (bicyclic) bond motifs is 1. The second kappa shape index (κ2) is 7.41. The van der Waals surface area contributed by atoms with Gasteiger partial charge >= 0.3 is 6.09 Å². The predicted octanol–water partition coefficient (Wildman–Crippen LogP) is 5.91. The molecule has 1 aliphatic rings. The molecule has 4 rings (SSSR count). The van der Waals surface area contributed by atoms with Crippen molar-refractivity contribution in [1.29, 1.82) is 0 Å². The summed E-state index contributed by atoms with van der Waals surface area (Å²) in [5.74, 6) is -1.68. The van der Waals surface area contributed by atoms with E-state index >= 15 is 0 Å². The smallest absolute Gasteiger partial charge is 0.421 e. The van der Waals surface area contributed by atoms with Crippen molar-refractivity contribution in [3.8, 4) is 11.1 Å². The molecule has 0 saturated heterocycles. The van der Waals surface area contributed by atoms with Crippen LogP contribution >= 0.6 is 0 Å². The van der Waals surface area contributed by atoms with E-state index < -0.39 is 29.3 Å². The molecule has 0 spiro atoms. The molecule has 3 aromatic rings. The minimum absolute atomic E-state index is 0.354. The van der Waals surface area contributed by atoms with Crippen LogP contribution in [-0.2, 0) is 9.53 Å². The Morgan fingerprint density at radius 2 is 1.57 bits per heavy atom. The highest BCUT2D eigenvalue weighted by Gasteiger charge is 2.43. The first-order valence-corrected chi connectivity index (χ1v) is 9.76. The largest absolute Gasteiger partial charge is 0.443 e. The van der Waals surface area contributed by atoms with Gasteiger partial charge < -0.3 is 4.74 Å². The maximum absolute atomic E-state index is 14.0. The minimum Gasteiger partial charge on any atom is -0.443 e. The molecule has 0 saturated carbocycles. The van der Waals surface area contributed by atoms with Crippen molar-refractivity contribution in [2.45, 2.75) is 32.3 Å². The number of hydrogen-bond donors (Lipinski definition) is 0. The van der Waals surface area contributed by atoms with Crippen LogP contribution in [0.4, 0.5) is 14.9 Å². The molecule has 0 aromatic heterocycles. The number of rotatable bonds is 2. The van der Waals surface area contributed by atoms with Gasteiger partial charge in [0, 0.05) is 0 Å². The lowest BCUT2D eigenvalue weighted by Crippen LogP contribution is -2.39. The van der Waals surface area contributed by atoms with Gasteiger partial charge in [-0.2, -0.15) is 0 Å². The standard InChI is InChI=1S/C25H22FNO3/c1-25(2,3)30-24(29)27-21-14-13-19(26)15-20(21)22(23(27)28)18-11-9-17(10-12-18)16-7-5-4-6-8-16/h4-15,22H,1-3H3. The van der Waals surface area contributed by atoms with Gasteiger partial charge in [0.2, 0.25) is 5.91 Å². The van der Waals surface area contributed by atoms with Crippen molar-refractivity contribution in [3.05, 3.63) is 89.7 Å². The van der Waals surface area contributed by atoms with E-state index in [0.717, 1.165) is 16.0 Å². The molecule has 30 heavy (non-hydrogen) atoms. The van der Waals surface area contributed by atoms with Gasteiger partial charge in [-0.15, -0.1) is 0 Å². The first-order chi connectivity index (χ1) is 14.2. The molecule has 0 radical (unpaired) electrons. The second-order valence-corrected chi connectivity index (χ2v) is 8.28. The van der Waals surface area contributed by atoms with E-state index in [1.54, 1.807) is 20.8 Å². The number of halogens is 1. The van der Waals surface area contributed by atoms with Crippen LogP contribution in [0.15, 0.2) is 72.8 Å². The molecular formula is C25H22FNO3. The van der Waals surface area contributed by atoms with E-state index in [4.69, 9.17) is 4.74 Å². The number of imide groups is 1. The summed E-state index contributed by atoms with van der Waals surface area (Å²) in [6, 6.07) is 21.4. The maximum atomic E-state index is 14.0. The quantitative estimate of drug-likeness (QED) is 0.535. The summed E-state index contributed by atoms with van der Waals surface area (Å²) < 4.78 is 19.4. The van der Waals surface area contributed by atoms with Gasteiger partial charge in [-0.05, 0) is 61.2 Å². The molecule has 0 fully saturated rings. The fourth-order valence-electron chi connectivity index (χ4n) is 3.66. The number of carbonyl (C=O) groups is 2. The Balaban J connectivity index is 1.73. The molecule has 5 heteroatoms. The van der Waals surface area contributed by atoms with Crippen molar-refractivity contribution < 1.29 is 18.7 Å². The number of ether oxygens (including phenoxy) is 1. The van der Waals surface area contributed by atoms with E-state index in [2.05, 4.69) is 0 Å². The van der Waals surface area contributed by atoms with Crippen LogP contribution in [0.25, 0.3) is 11.1 Å². The van der Waals surface area contributed by atoms with Gasteiger partial charge in [-0.1, -0.05) is 54.6 Å². The Labute approximate surface area is 174 Å². The SMILES string of the molecule is CC(C)(C)OC(=O)N1C(=O)C(c2ccc(-c3ccccc3)cc2)c2cc(F)ccc21. The van der Waals surface area contributed by atoms with Gasteiger partial charge in [-0.25, -0.2) is 14.1 Å². The number of hydrogen-bond acceptors (Lipinski definition) is 3. The summed E-state index contributed by atoms with van der Waals surface area (Å²) in [6.07, 6.45) is -0.760. The summed E-state index contributed by atoms with van der Waals surface area (Å²) in [5.41, 5.74) is 2.81. The van der Waals surface area contributed by atoms with Gasteiger partial charge in [0.15, 0.2) is 0 Å². The van der Waals surface area contributed by atoms with E-state index in [-0.39, 0.29) is 0 Å². The normalized spacial score (nSPS) is 15.8. The van der Waals surface area contributed by atoms with Crippen LogP contribution in [0.5, 0.6) is 0 Å². The summed E-state index contributed by atoms with van der Waals surface area (Å²) >= 11 is 0. The monoisotopic (exact) mass is 403 g/mol. The van der Waals surface area contributed by atoms with Crippen LogP contribution in [-0.4, -0.2) is 17.6 Å². The van der Waals surface area contributed by atoms with E-state index in [1.807, 2.05) is 54.6 Å². The highest BCUT2D eigenvalue weighted by molar-refractivity contribution is 6.20. The van der Waals surface area contributed by atoms with Crippen molar-refractivity contribution >= 4 is 17.7 Å². The van der Waals surface area contributed by atoms with Gasteiger partial charge in [0.1, 0.15) is 11.4 Å². The lowest BCUT2D eigenvalue weighted by molar-refractivity contribution is -0.118. The van der Waals surface area contributed by atoms with Crippen molar-refractivity contribution in [3.63, 3.8) is 0 Å². The lowest BCUT2D eigenvalue weighted by Gasteiger charge is -2.24. The Morgan fingerprint density at radius 1 is 0.933 bits per heavy atom. The van der Waals surface area contributed by atoms with Crippen LogP contribution in [0.2, 0.25) is 0 Å². The summed E-state index contributed by atoms with van der Waals surface area (Å²) in [4.78, 5) is 27.0. The Hall–Kier alpha value is -3.47. The zero-order valence-corrected chi connectivity index (χ0v) is 17.1. The molecule has 1 heterocycles. The lowest BCUT2D eigenvalue weighted by atomic mass is 9.91. The topological polar surface area (TPSA) is 46.6 Å². The van der Waals surface area contributed by atoms with E-state index in [9.17, 15) is 14.0 Å². The Bertz CT molecular complexity index is 1100. The first kappa shape index (κ1) is 19.8. The maximum Gasteiger partial charge on any atom is 0.421 e. The third kappa shape index (κ3) is 3.71. The summed E-state index contributed by atoms with van der Waals surface area (Å²) in [5, 5.41) is 0. The molecule has 0 N–H and O–H groups in total. The third-order valence-electron chi connectivity index (χ3n) is 4.94. The Morgan fingerprint density at radius 3 is 2.20 bits per heavy atom. The number of carbonyl (C=O) groups excluding carboxylic acids is 2. The number of nitrogens with zero attached hydrogens (tertiary/aromatic N) is 1. The number of anilines is 1. The van der Waals surface area contributed by atoms with Crippen molar-refractivity contribution in [2.75, 3.05) is 4.90 Å². The first-order valence-electron chi connectivity index (χ1n) is 9.76. The fourth-order valence-corrected chi connectivity index (χ4v) is 3.66. The van der Waals surface area contributed by atoms with E-state index in [1.165, 1.54) is 18.2 Å². The van der Waals surface area contributed by atoms with E-state index in [0.29, 0.717) is 16.8 Å². The molecule has 2 amide bonds. The van der Waals surface area contributed by atoms with Crippen LogP contribution < -0.4 is 4.90 Å². The Kier molecular flexibility index (Phi) is 4.90. The van der Waals surface area contributed by atoms with Crippen LogP contribution in [0.3, 0.4) is 0 Å². The summed E-state index contributed by atoms with van der Waals surface area (Å²) in [6.45, 7) is 5.20. The molecule has 1 aliphatic heterocycles. The zero-order chi connectivity index (χ0) is 21.5. The zero-order valence-electron chi connectivity index (χ0n) is 17.1. The van der Waals surface area contributed by atoms with Crippen molar-refractivity contribution in [1.82, 2.24) is 0 Å². The van der Waals surface area contributed by atoms with Crippen LogP contribution in [0, 0.1) is 5.82 Å². The van der Waals surface area contributed by atoms with Gasteiger partial charge in [0.05, 0.1) is 11.6 Å². The third-order valence-corrected chi connectivity index (χ3v) is 4.94. The number of benzene rings is 3. The second-order valence-electron chi connectivity index (χ2n) is 8.28.